The van der Waals surface area contributed by atoms with Gasteiger partial charge in [-0.15, -0.1) is 0 Å². The summed E-state index contributed by atoms with van der Waals surface area (Å²) in [5.74, 6) is -3.81. The summed E-state index contributed by atoms with van der Waals surface area (Å²) in [4.78, 5) is 37.1. The van der Waals surface area contributed by atoms with Gasteiger partial charge in [-0.05, 0) is 49.3 Å². The molecule has 1 aliphatic rings. The Bertz CT molecular complexity index is 1260. The molecule has 40 heavy (non-hydrogen) atoms. The molecule has 0 aliphatic carbocycles. The predicted molar refractivity (Wildman–Crippen MR) is 139 cm³/mol. The zero-order chi connectivity index (χ0) is 29.8. The van der Waals surface area contributed by atoms with Crippen molar-refractivity contribution in [3.8, 4) is 0 Å². The maximum atomic E-state index is 12.3. The summed E-state index contributed by atoms with van der Waals surface area (Å²) < 4.78 is 58.5. The van der Waals surface area contributed by atoms with Crippen LogP contribution < -0.4 is 15.4 Å². The minimum absolute atomic E-state index is 0.228. The number of anilines is 1. The van der Waals surface area contributed by atoms with Crippen LogP contribution in [0.2, 0.25) is 0 Å². The monoisotopic (exact) mass is 588 g/mol. The van der Waals surface area contributed by atoms with E-state index >= 15 is 0 Å². The largest absolute Gasteiger partial charge is 0.490 e. The van der Waals surface area contributed by atoms with Gasteiger partial charge in [0, 0.05) is 25.2 Å². The molecule has 3 rings (SSSR count). The minimum Gasteiger partial charge on any atom is -0.480 e. The molecule has 1 aliphatic heterocycles. The number of aryl methyl sites for hydroxylation is 2. The smallest absolute Gasteiger partial charge is 0.480 e. The number of carbonyl (C=O) groups is 3. The van der Waals surface area contributed by atoms with E-state index < -0.39 is 34.2 Å². The number of hydrogen-bond acceptors (Lipinski definition) is 7. The second-order valence-corrected chi connectivity index (χ2v) is 10.7. The minimum atomic E-state index is -5.08. The van der Waals surface area contributed by atoms with Crippen LogP contribution in [0.4, 0.5) is 19.0 Å². The molecule has 11 nitrogen and oxygen atoms in total. The SMILES string of the molecule is O=C(CCCCc1ccc2c(n1)NCCC2)NCC(NS(=O)(=O)Cc1ccccc1)C(=O)O.O=C(O)C(F)(F)F. The Hall–Kier alpha value is -3.72. The number of hydrogen-bond donors (Lipinski definition) is 5. The molecule has 5 N–H and O–H groups in total. The zero-order valence-electron chi connectivity index (χ0n) is 21.4. The van der Waals surface area contributed by atoms with Gasteiger partial charge in [0.25, 0.3) is 0 Å². The standard InChI is InChI=1S/C23H30N4O5S.C2HF3O2/c28-21(11-5-4-10-19-13-12-18-9-6-14-24-22(18)26-19)25-15-20(23(29)30)27-33(31,32)16-17-7-2-1-3-8-17;3-2(4,5)1(6)7/h1-3,7-8,12-13,20,27H,4-6,9-11,14-16H2,(H,24,26)(H,25,28)(H,29,30);(H,6,7). The molecular weight excluding hydrogens is 557 g/mol. The Balaban J connectivity index is 0.000000708. The summed E-state index contributed by atoms with van der Waals surface area (Å²) in [7, 11) is -3.88. The molecule has 0 saturated heterocycles. The third-order valence-corrected chi connectivity index (χ3v) is 6.96. The Morgan fingerprint density at radius 1 is 1.05 bits per heavy atom. The van der Waals surface area contributed by atoms with Crippen molar-refractivity contribution in [2.75, 3.05) is 18.4 Å². The molecule has 0 spiro atoms. The van der Waals surface area contributed by atoms with E-state index in [2.05, 4.69) is 26.4 Å². The number of aromatic nitrogens is 1. The molecule has 0 saturated carbocycles. The van der Waals surface area contributed by atoms with E-state index in [1.165, 1.54) is 5.56 Å². The fourth-order valence-electron chi connectivity index (χ4n) is 3.64. The van der Waals surface area contributed by atoms with Crippen LogP contribution in [0.1, 0.15) is 42.5 Å². The van der Waals surface area contributed by atoms with Gasteiger partial charge < -0.3 is 20.8 Å². The number of nitrogens with one attached hydrogen (secondary N) is 3. The Labute approximate surface area is 229 Å². The van der Waals surface area contributed by atoms with Gasteiger partial charge in [0.2, 0.25) is 15.9 Å². The highest BCUT2D eigenvalue weighted by atomic mass is 32.2. The lowest BCUT2D eigenvalue weighted by molar-refractivity contribution is -0.192. The number of halogens is 3. The maximum Gasteiger partial charge on any atom is 0.490 e. The number of benzene rings is 1. The van der Waals surface area contributed by atoms with Crippen LogP contribution in [-0.2, 0) is 43.0 Å². The molecule has 0 fully saturated rings. The third kappa shape index (κ3) is 12.0. The number of pyridine rings is 1. The predicted octanol–water partition coefficient (Wildman–Crippen LogP) is 2.47. The normalized spacial score (nSPS) is 13.6. The van der Waals surface area contributed by atoms with Crippen LogP contribution in [0.5, 0.6) is 0 Å². The van der Waals surface area contributed by atoms with Gasteiger partial charge >= 0.3 is 18.1 Å². The highest BCUT2D eigenvalue weighted by molar-refractivity contribution is 7.88. The van der Waals surface area contributed by atoms with Crippen LogP contribution in [-0.4, -0.2) is 66.8 Å². The number of unbranched alkanes of at least 4 members (excludes halogenated alkanes) is 1. The van der Waals surface area contributed by atoms with Gasteiger partial charge in [0.15, 0.2) is 0 Å². The maximum absolute atomic E-state index is 12.3. The van der Waals surface area contributed by atoms with Crippen LogP contribution in [0, 0.1) is 0 Å². The second-order valence-electron chi connectivity index (χ2n) is 8.91. The average Bonchev–Trinajstić information content (AvgIpc) is 2.89. The number of fused-ring (bicyclic) bond motifs is 1. The highest BCUT2D eigenvalue weighted by Crippen LogP contribution is 2.20. The van der Waals surface area contributed by atoms with Gasteiger partial charge in [0.05, 0.1) is 5.75 Å². The van der Waals surface area contributed by atoms with Crippen molar-refractivity contribution in [3.05, 3.63) is 59.3 Å². The Morgan fingerprint density at radius 3 is 2.35 bits per heavy atom. The quantitative estimate of drug-likeness (QED) is 0.233. The van der Waals surface area contributed by atoms with E-state index in [0.29, 0.717) is 12.0 Å². The fourth-order valence-corrected chi connectivity index (χ4v) is 4.97. The molecule has 2 aromatic rings. The molecule has 220 valence electrons. The number of aliphatic carboxylic acids is 2. The molecule has 1 unspecified atom stereocenters. The Kier molecular flexibility index (Phi) is 12.3. The number of rotatable bonds is 12. The van der Waals surface area contributed by atoms with E-state index in [4.69, 9.17) is 9.90 Å². The number of carboxylic acids is 2. The van der Waals surface area contributed by atoms with E-state index in [-0.39, 0.29) is 24.6 Å². The van der Waals surface area contributed by atoms with Crippen molar-refractivity contribution in [2.45, 2.75) is 56.5 Å². The zero-order valence-corrected chi connectivity index (χ0v) is 22.2. The summed E-state index contributed by atoms with van der Waals surface area (Å²) in [5, 5.41) is 22.3. The lowest BCUT2D eigenvalue weighted by Gasteiger charge is -2.17. The van der Waals surface area contributed by atoms with E-state index in [0.717, 1.165) is 43.7 Å². The summed E-state index contributed by atoms with van der Waals surface area (Å²) in [6.07, 6.45) is -0.567. The van der Waals surface area contributed by atoms with Crippen LogP contribution in [0.3, 0.4) is 0 Å². The third-order valence-electron chi connectivity index (χ3n) is 5.60. The highest BCUT2D eigenvalue weighted by Gasteiger charge is 2.38. The number of carboxylic acid groups (broad SMARTS) is 2. The van der Waals surface area contributed by atoms with Gasteiger partial charge in [-0.3, -0.25) is 9.59 Å². The number of sulfonamides is 1. The van der Waals surface area contributed by atoms with E-state index in [1.807, 2.05) is 6.07 Å². The van der Waals surface area contributed by atoms with Gasteiger partial charge in [0.1, 0.15) is 11.9 Å². The number of carbonyl (C=O) groups excluding carboxylic acids is 1. The van der Waals surface area contributed by atoms with Crippen molar-refractivity contribution in [1.82, 2.24) is 15.0 Å². The first-order valence-corrected chi connectivity index (χ1v) is 14.0. The summed E-state index contributed by atoms with van der Waals surface area (Å²) >= 11 is 0. The molecule has 1 amide bonds. The summed E-state index contributed by atoms with van der Waals surface area (Å²) in [6, 6.07) is 11.2. The molecule has 0 radical (unpaired) electrons. The van der Waals surface area contributed by atoms with E-state index in [9.17, 15) is 36.3 Å². The fraction of sp³-hybridized carbons (Fsp3) is 0.440. The molecule has 15 heteroatoms. The number of alkyl halides is 3. The van der Waals surface area contributed by atoms with E-state index in [1.54, 1.807) is 30.3 Å². The average molecular weight is 589 g/mol. The van der Waals surface area contributed by atoms with Crippen LogP contribution >= 0.6 is 0 Å². The summed E-state index contributed by atoms with van der Waals surface area (Å²) in [5.41, 5.74) is 2.75. The van der Waals surface area contributed by atoms with Crippen LogP contribution in [0.25, 0.3) is 0 Å². The number of nitrogens with zero attached hydrogens (tertiary/aromatic N) is 1. The topological polar surface area (TPSA) is 175 Å². The molecular formula is C25H31F3N4O7S. The van der Waals surface area contributed by atoms with Crippen LogP contribution in [0.15, 0.2) is 42.5 Å². The van der Waals surface area contributed by atoms with Crippen molar-refractivity contribution in [1.29, 1.82) is 0 Å². The van der Waals surface area contributed by atoms with Crippen molar-refractivity contribution in [2.24, 2.45) is 0 Å². The molecule has 2 heterocycles. The molecule has 0 bridgehead atoms. The van der Waals surface area contributed by atoms with Crippen molar-refractivity contribution in [3.63, 3.8) is 0 Å². The molecule has 1 aromatic heterocycles. The lowest BCUT2D eigenvalue weighted by atomic mass is 10.1. The van der Waals surface area contributed by atoms with Gasteiger partial charge in [-0.2, -0.15) is 17.9 Å². The molecule has 1 aromatic carbocycles. The first-order valence-electron chi connectivity index (χ1n) is 12.3. The molecule has 1 atom stereocenters. The second kappa shape index (κ2) is 15.2. The van der Waals surface area contributed by atoms with Gasteiger partial charge in [-0.25, -0.2) is 18.2 Å². The first-order chi connectivity index (χ1) is 18.8. The van der Waals surface area contributed by atoms with Crippen molar-refractivity contribution >= 4 is 33.7 Å². The van der Waals surface area contributed by atoms with Crippen molar-refractivity contribution < 1.29 is 46.2 Å². The Morgan fingerprint density at radius 2 is 1.73 bits per heavy atom. The van der Waals surface area contributed by atoms with Gasteiger partial charge in [-0.1, -0.05) is 36.4 Å². The lowest BCUT2D eigenvalue weighted by Crippen LogP contribution is -2.48. The number of amides is 1. The summed E-state index contributed by atoms with van der Waals surface area (Å²) in [6.45, 7) is 0.615. The first kappa shape index (κ1) is 32.5.